The van der Waals surface area contributed by atoms with E-state index in [9.17, 15) is 0 Å². The molecule has 0 aliphatic carbocycles. The summed E-state index contributed by atoms with van der Waals surface area (Å²) in [6, 6.07) is 7.48. The van der Waals surface area contributed by atoms with Gasteiger partial charge in [-0.3, -0.25) is 0 Å². The number of benzene rings is 1. The average molecular weight is 306 g/mol. The number of aliphatic hydroxyl groups excluding tert-OH is 1. The van der Waals surface area contributed by atoms with E-state index in [1.807, 2.05) is 24.3 Å². The minimum Gasteiger partial charge on any atom is -0.497 e. The van der Waals surface area contributed by atoms with Gasteiger partial charge < -0.3 is 20.3 Å². The molecular formula is C15H22N4O3. The molecule has 1 heterocycles. The average Bonchev–Trinajstić information content (AvgIpc) is 2.94. The van der Waals surface area contributed by atoms with Crippen LogP contribution in [-0.4, -0.2) is 40.4 Å². The van der Waals surface area contributed by atoms with Crippen molar-refractivity contribution in [3.8, 4) is 11.5 Å². The molecule has 120 valence electrons. The Morgan fingerprint density at radius 2 is 1.95 bits per heavy atom. The second-order valence-corrected chi connectivity index (χ2v) is 4.76. The zero-order chi connectivity index (χ0) is 15.8. The van der Waals surface area contributed by atoms with Crippen LogP contribution in [0, 0.1) is 0 Å². The van der Waals surface area contributed by atoms with Crippen LogP contribution < -0.4 is 15.2 Å². The topological polar surface area (TPSA) is 95.4 Å². The van der Waals surface area contributed by atoms with E-state index < -0.39 is 0 Å². The zero-order valence-corrected chi connectivity index (χ0v) is 12.7. The van der Waals surface area contributed by atoms with Crippen LogP contribution in [0.5, 0.6) is 11.5 Å². The molecule has 0 saturated carbocycles. The molecule has 0 aliphatic rings. The minimum atomic E-state index is 0.0305. The van der Waals surface area contributed by atoms with Gasteiger partial charge in [-0.1, -0.05) is 5.21 Å². The van der Waals surface area contributed by atoms with Crippen molar-refractivity contribution in [1.29, 1.82) is 0 Å². The van der Waals surface area contributed by atoms with Crippen LogP contribution in [0.1, 0.15) is 17.8 Å². The first-order chi connectivity index (χ1) is 10.8. The fourth-order valence-electron chi connectivity index (χ4n) is 2.18. The third-order valence-electron chi connectivity index (χ3n) is 3.31. The SMILES string of the molecule is COc1ccc(OCCCc2c(CN)nnn2CCO)cc1. The highest BCUT2D eigenvalue weighted by Gasteiger charge is 2.11. The molecule has 2 aromatic rings. The number of hydrogen-bond acceptors (Lipinski definition) is 6. The summed E-state index contributed by atoms with van der Waals surface area (Å²) in [5.41, 5.74) is 7.40. The summed E-state index contributed by atoms with van der Waals surface area (Å²) in [6.45, 7) is 1.39. The van der Waals surface area contributed by atoms with Gasteiger partial charge in [0.1, 0.15) is 11.5 Å². The molecule has 2 rings (SSSR count). The smallest absolute Gasteiger partial charge is 0.119 e. The van der Waals surface area contributed by atoms with Crippen molar-refractivity contribution in [3.63, 3.8) is 0 Å². The van der Waals surface area contributed by atoms with Crippen LogP contribution in [0.25, 0.3) is 0 Å². The van der Waals surface area contributed by atoms with Crippen LogP contribution in [0.3, 0.4) is 0 Å². The molecule has 0 aliphatic heterocycles. The van der Waals surface area contributed by atoms with Crippen molar-refractivity contribution in [2.75, 3.05) is 20.3 Å². The summed E-state index contributed by atoms with van der Waals surface area (Å²) in [5.74, 6) is 1.61. The van der Waals surface area contributed by atoms with E-state index in [0.717, 1.165) is 35.7 Å². The number of nitrogens with two attached hydrogens (primary N) is 1. The fourth-order valence-corrected chi connectivity index (χ4v) is 2.18. The van der Waals surface area contributed by atoms with Crippen molar-refractivity contribution in [2.24, 2.45) is 5.73 Å². The molecule has 0 radical (unpaired) electrons. The molecule has 1 aromatic carbocycles. The largest absolute Gasteiger partial charge is 0.497 e. The summed E-state index contributed by atoms with van der Waals surface area (Å²) in [7, 11) is 1.63. The fraction of sp³-hybridized carbons (Fsp3) is 0.467. The van der Waals surface area contributed by atoms with Crippen LogP contribution in [0.2, 0.25) is 0 Å². The van der Waals surface area contributed by atoms with Crippen molar-refractivity contribution >= 4 is 0 Å². The lowest BCUT2D eigenvalue weighted by atomic mass is 10.2. The number of ether oxygens (including phenoxy) is 2. The molecule has 22 heavy (non-hydrogen) atoms. The Labute approximate surface area is 129 Å². The lowest BCUT2D eigenvalue weighted by molar-refractivity contribution is 0.264. The molecule has 0 spiro atoms. The summed E-state index contributed by atoms with van der Waals surface area (Å²) in [6.07, 6.45) is 1.58. The Kier molecular flexibility index (Phi) is 6.17. The Bertz CT molecular complexity index is 569. The second kappa shape index (κ2) is 8.35. The predicted octanol–water partition coefficient (Wildman–Crippen LogP) is 0.749. The molecule has 3 N–H and O–H groups in total. The zero-order valence-electron chi connectivity index (χ0n) is 12.7. The molecule has 0 fully saturated rings. The number of nitrogens with zero attached hydrogens (tertiary/aromatic N) is 3. The van der Waals surface area contributed by atoms with Gasteiger partial charge in [-0.25, -0.2) is 4.68 Å². The molecule has 0 unspecified atom stereocenters. The van der Waals surface area contributed by atoms with E-state index >= 15 is 0 Å². The van der Waals surface area contributed by atoms with Crippen LogP contribution >= 0.6 is 0 Å². The first-order valence-electron chi connectivity index (χ1n) is 7.27. The lowest BCUT2D eigenvalue weighted by Crippen LogP contribution is -2.11. The monoisotopic (exact) mass is 306 g/mol. The molecule has 7 heteroatoms. The van der Waals surface area contributed by atoms with Gasteiger partial charge in [0.05, 0.1) is 38.3 Å². The van der Waals surface area contributed by atoms with E-state index in [-0.39, 0.29) is 6.61 Å². The molecule has 7 nitrogen and oxygen atoms in total. The third kappa shape index (κ3) is 4.19. The molecule has 0 bridgehead atoms. The third-order valence-corrected chi connectivity index (χ3v) is 3.31. The van der Waals surface area contributed by atoms with Gasteiger partial charge >= 0.3 is 0 Å². The van der Waals surface area contributed by atoms with Crippen LogP contribution in [-0.2, 0) is 19.5 Å². The quantitative estimate of drug-likeness (QED) is 0.664. The van der Waals surface area contributed by atoms with Gasteiger partial charge in [0.15, 0.2) is 0 Å². The number of aliphatic hydroxyl groups is 1. The van der Waals surface area contributed by atoms with Crippen LogP contribution in [0.15, 0.2) is 24.3 Å². The first kappa shape index (κ1) is 16.3. The molecular weight excluding hydrogens is 284 g/mol. The maximum absolute atomic E-state index is 9.03. The maximum atomic E-state index is 9.03. The minimum absolute atomic E-state index is 0.0305. The molecule has 0 atom stereocenters. The maximum Gasteiger partial charge on any atom is 0.119 e. The van der Waals surface area contributed by atoms with Gasteiger partial charge in [-0.05, 0) is 37.1 Å². The highest BCUT2D eigenvalue weighted by Crippen LogP contribution is 2.17. The number of rotatable bonds is 9. The van der Waals surface area contributed by atoms with Gasteiger partial charge in [0, 0.05) is 6.54 Å². The Morgan fingerprint density at radius 1 is 1.23 bits per heavy atom. The summed E-state index contributed by atoms with van der Waals surface area (Å²) >= 11 is 0. The Morgan fingerprint density at radius 3 is 2.59 bits per heavy atom. The Balaban J connectivity index is 1.84. The van der Waals surface area contributed by atoms with Gasteiger partial charge in [-0.2, -0.15) is 0 Å². The predicted molar refractivity (Wildman–Crippen MR) is 81.8 cm³/mol. The number of methoxy groups -OCH3 is 1. The lowest BCUT2D eigenvalue weighted by Gasteiger charge is -2.08. The highest BCUT2D eigenvalue weighted by molar-refractivity contribution is 5.31. The van der Waals surface area contributed by atoms with Crippen molar-refractivity contribution in [1.82, 2.24) is 15.0 Å². The van der Waals surface area contributed by atoms with Crippen molar-refractivity contribution < 1.29 is 14.6 Å². The van der Waals surface area contributed by atoms with Gasteiger partial charge in [0.2, 0.25) is 0 Å². The van der Waals surface area contributed by atoms with E-state index in [1.165, 1.54) is 0 Å². The normalized spacial score (nSPS) is 10.7. The van der Waals surface area contributed by atoms with E-state index in [4.69, 9.17) is 20.3 Å². The summed E-state index contributed by atoms with van der Waals surface area (Å²) in [4.78, 5) is 0. The second-order valence-electron chi connectivity index (χ2n) is 4.76. The molecule has 0 saturated heterocycles. The summed E-state index contributed by atoms with van der Waals surface area (Å²) < 4.78 is 12.5. The van der Waals surface area contributed by atoms with Gasteiger partial charge in [-0.15, -0.1) is 5.10 Å². The highest BCUT2D eigenvalue weighted by atomic mass is 16.5. The van der Waals surface area contributed by atoms with E-state index in [1.54, 1.807) is 11.8 Å². The standard InChI is InChI=1S/C15H22N4O3/c1-21-12-4-6-13(7-5-12)22-10-2-3-15-14(11-16)17-18-19(15)8-9-20/h4-7,20H,2-3,8-11,16H2,1H3. The number of hydrogen-bond donors (Lipinski definition) is 2. The Hall–Kier alpha value is -2.12. The van der Waals surface area contributed by atoms with Crippen molar-refractivity contribution in [2.45, 2.75) is 25.9 Å². The van der Waals surface area contributed by atoms with Crippen molar-refractivity contribution in [3.05, 3.63) is 35.7 Å². The first-order valence-corrected chi connectivity index (χ1v) is 7.27. The van der Waals surface area contributed by atoms with Crippen LogP contribution in [0.4, 0.5) is 0 Å². The molecule has 0 amide bonds. The van der Waals surface area contributed by atoms with Gasteiger partial charge in [0.25, 0.3) is 0 Å². The summed E-state index contributed by atoms with van der Waals surface area (Å²) in [5, 5.41) is 17.1. The van der Waals surface area contributed by atoms with E-state index in [2.05, 4.69) is 10.3 Å². The molecule has 1 aromatic heterocycles. The number of aromatic nitrogens is 3. The van der Waals surface area contributed by atoms with E-state index in [0.29, 0.717) is 19.7 Å².